The fraction of sp³-hybridized carbons (Fsp3) is 0.364. The maximum Gasteiger partial charge on any atom is 0.255 e. The molecule has 2 aromatic rings. The van der Waals surface area contributed by atoms with E-state index in [4.69, 9.17) is 16.3 Å². The van der Waals surface area contributed by atoms with E-state index in [0.717, 1.165) is 24.2 Å². The van der Waals surface area contributed by atoms with E-state index in [1.807, 2.05) is 18.2 Å². The van der Waals surface area contributed by atoms with Crippen LogP contribution < -0.4 is 15.4 Å². The first-order valence-corrected chi connectivity index (χ1v) is 10.1. The fourth-order valence-corrected chi connectivity index (χ4v) is 3.96. The minimum Gasteiger partial charge on any atom is -0.492 e. The predicted molar refractivity (Wildman–Crippen MR) is 109 cm³/mol. The number of nitrogens with one attached hydrogen (secondary N) is 2. The largest absolute Gasteiger partial charge is 0.492 e. The Morgan fingerprint density at radius 2 is 1.79 bits per heavy atom. The maximum atomic E-state index is 12.6. The van der Waals surface area contributed by atoms with Crippen LogP contribution in [0.25, 0.3) is 0 Å². The molecule has 0 aromatic heterocycles. The number of benzene rings is 2. The Bertz CT molecular complexity index is 876. The minimum absolute atomic E-state index is 0.0631. The summed E-state index contributed by atoms with van der Waals surface area (Å²) in [7, 11) is 0. The van der Waals surface area contributed by atoms with E-state index in [9.17, 15) is 9.59 Å². The van der Waals surface area contributed by atoms with Crippen molar-refractivity contribution in [3.05, 3.63) is 58.6 Å². The van der Waals surface area contributed by atoms with E-state index in [2.05, 4.69) is 10.6 Å². The molecule has 1 aliphatic heterocycles. The lowest BCUT2D eigenvalue weighted by Gasteiger charge is -2.26. The van der Waals surface area contributed by atoms with Crippen molar-refractivity contribution >= 4 is 29.1 Å². The number of ether oxygens (including phenoxy) is 1. The van der Waals surface area contributed by atoms with Crippen molar-refractivity contribution in [2.24, 2.45) is 5.92 Å². The highest BCUT2D eigenvalue weighted by Gasteiger charge is 2.28. The summed E-state index contributed by atoms with van der Waals surface area (Å²) in [4.78, 5) is 25.0. The van der Waals surface area contributed by atoms with Crippen molar-refractivity contribution in [3.63, 3.8) is 0 Å². The third-order valence-corrected chi connectivity index (χ3v) is 5.66. The smallest absolute Gasteiger partial charge is 0.255 e. The van der Waals surface area contributed by atoms with Crippen molar-refractivity contribution in [3.8, 4) is 5.75 Å². The molecule has 0 saturated heterocycles. The molecule has 1 saturated carbocycles. The Hall–Kier alpha value is -2.53. The van der Waals surface area contributed by atoms with Crippen molar-refractivity contribution in [2.45, 2.75) is 38.1 Å². The van der Waals surface area contributed by atoms with Crippen molar-refractivity contribution in [1.29, 1.82) is 0 Å². The van der Waals surface area contributed by atoms with Crippen molar-refractivity contribution < 1.29 is 14.3 Å². The average molecular weight is 399 g/mol. The molecule has 6 heteroatoms. The van der Waals surface area contributed by atoms with Crippen LogP contribution in [-0.2, 0) is 11.2 Å². The highest BCUT2D eigenvalue weighted by molar-refractivity contribution is 6.30. The first-order chi connectivity index (χ1) is 13.6. The van der Waals surface area contributed by atoms with Gasteiger partial charge in [0.25, 0.3) is 5.91 Å². The molecule has 2 aliphatic rings. The van der Waals surface area contributed by atoms with Gasteiger partial charge in [0, 0.05) is 22.3 Å². The molecule has 0 radical (unpaired) electrons. The molecule has 0 spiro atoms. The number of hydrogen-bond donors (Lipinski definition) is 2. The van der Waals surface area contributed by atoms with Gasteiger partial charge in [0.15, 0.2) is 0 Å². The monoisotopic (exact) mass is 398 g/mol. The molecule has 2 N–H and O–H groups in total. The number of carbonyl (C=O) groups is 2. The second-order valence-electron chi connectivity index (χ2n) is 7.49. The van der Waals surface area contributed by atoms with E-state index >= 15 is 0 Å². The Morgan fingerprint density at radius 1 is 1.04 bits per heavy atom. The summed E-state index contributed by atoms with van der Waals surface area (Å²) in [5.41, 5.74) is 2.15. The Labute approximate surface area is 169 Å². The molecule has 28 heavy (non-hydrogen) atoms. The van der Waals surface area contributed by atoms with Crippen molar-refractivity contribution in [2.75, 3.05) is 11.9 Å². The molecule has 0 unspecified atom stereocenters. The van der Waals surface area contributed by atoms with Gasteiger partial charge in [0.2, 0.25) is 5.91 Å². The summed E-state index contributed by atoms with van der Waals surface area (Å²) < 4.78 is 5.79. The zero-order valence-electron chi connectivity index (χ0n) is 15.5. The first-order valence-electron chi connectivity index (χ1n) is 9.71. The van der Waals surface area contributed by atoms with Gasteiger partial charge in [-0.3, -0.25) is 9.59 Å². The molecule has 4 rings (SSSR count). The summed E-state index contributed by atoms with van der Waals surface area (Å²) in [6.07, 6.45) is 5.11. The van der Waals surface area contributed by atoms with Crippen LogP contribution in [0.15, 0.2) is 42.5 Å². The normalized spacial score (nSPS) is 18.8. The lowest BCUT2D eigenvalue weighted by Crippen LogP contribution is -2.41. The molecule has 146 valence electrons. The predicted octanol–water partition coefficient (Wildman–Crippen LogP) is 4.20. The Kier molecular flexibility index (Phi) is 5.53. The highest BCUT2D eigenvalue weighted by Crippen LogP contribution is 2.30. The van der Waals surface area contributed by atoms with Crippen LogP contribution in [-0.4, -0.2) is 24.5 Å². The van der Waals surface area contributed by atoms with E-state index in [1.165, 1.54) is 12.8 Å². The molecule has 1 atom stereocenters. The minimum atomic E-state index is -0.205. The zero-order chi connectivity index (χ0) is 19.5. The van der Waals surface area contributed by atoms with Crippen LogP contribution in [0.2, 0.25) is 5.02 Å². The first kappa shape index (κ1) is 18.8. The molecule has 1 aliphatic carbocycles. The van der Waals surface area contributed by atoms with Crippen LogP contribution in [0.4, 0.5) is 5.69 Å². The van der Waals surface area contributed by atoms with E-state index in [1.54, 1.807) is 24.3 Å². The average Bonchev–Trinajstić information content (AvgIpc) is 3.21. The summed E-state index contributed by atoms with van der Waals surface area (Å²) >= 11 is 5.87. The molecule has 2 aromatic carbocycles. The lowest BCUT2D eigenvalue weighted by molar-refractivity contribution is -0.127. The van der Waals surface area contributed by atoms with Gasteiger partial charge in [-0.15, -0.1) is 0 Å². The van der Waals surface area contributed by atoms with Gasteiger partial charge in [-0.1, -0.05) is 24.4 Å². The van der Waals surface area contributed by atoms with Gasteiger partial charge in [-0.2, -0.15) is 0 Å². The second-order valence-corrected chi connectivity index (χ2v) is 7.92. The standard InChI is InChI=1S/C22H23ClN2O3/c23-17-7-5-14(6-8-17)21(26)25-19-9-10-20-15(12-19)11-16(13-28-20)22(27)24-18-3-1-2-4-18/h5-10,12,16,18H,1-4,11,13H2,(H,24,27)(H,25,26)/t16-/m1/s1. The number of amides is 2. The quantitative estimate of drug-likeness (QED) is 0.810. The second kappa shape index (κ2) is 8.23. The number of rotatable bonds is 4. The van der Waals surface area contributed by atoms with Crippen LogP contribution >= 0.6 is 11.6 Å². The van der Waals surface area contributed by atoms with Gasteiger partial charge >= 0.3 is 0 Å². The molecule has 5 nitrogen and oxygen atoms in total. The third kappa shape index (κ3) is 4.30. The highest BCUT2D eigenvalue weighted by atomic mass is 35.5. The maximum absolute atomic E-state index is 12.6. The van der Waals surface area contributed by atoms with E-state index < -0.39 is 0 Å². The summed E-state index contributed by atoms with van der Waals surface area (Å²) in [6, 6.07) is 12.6. The van der Waals surface area contributed by atoms with Gasteiger partial charge < -0.3 is 15.4 Å². The molecule has 0 bridgehead atoms. The summed E-state index contributed by atoms with van der Waals surface area (Å²) in [5, 5.41) is 6.63. The zero-order valence-corrected chi connectivity index (χ0v) is 16.3. The molecule has 2 amide bonds. The summed E-state index contributed by atoms with van der Waals surface area (Å²) in [6.45, 7) is 0.391. The lowest BCUT2D eigenvalue weighted by atomic mass is 9.95. The van der Waals surface area contributed by atoms with Gasteiger partial charge in [-0.25, -0.2) is 0 Å². The number of carbonyl (C=O) groups excluding carboxylic acids is 2. The molecular weight excluding hydrogens is 376 g/mol. The number of halogens is 1. The Balaban J connectivity index is 1.42. The summed E-state index contributed by atoms with van der Waals surface area (Å²) in [5.74, 6) is 0.432. The number of fused-ring (bicyclic) bond motifs is 1. The fourth-order valence-electron chi connectivity index (χ4n) is 3.83. The van der Waals surface area contributed by atoms with E-state index in [0.29, 0.717) is 35.3 Å². The van der Waals surface area contributed by atoms with Crippen LogP contribution in [0.5, 0.6) is 5.75 Å². The molecule has 1 fully saturated rings. The van der Waals surface area contributed by atoms with Gasteiger partial charge in [0.05, 0.1) is 5.92 Å². The van der Waals surface area contributed by atoms with Gasteiger partial charge in [0.1, 0.15) is 12.4 Å². The Morgan fingerprint density at radius 3 is 2.54 bits per heavy atom. The number of hydrogen-bond acceptors (Lipinski definition) is 3. The topological polar surface area (TPSA) is 67.4 Å². The van der Waals surface area contributed by atoms with Crippen LogP contribution in [0.1, 0.15) is 41.6 Å². The third-order valence-electron chi connectivity index (χ3n) is 5.40. The number of anilines is 1. The van der Waals surface area contributed by atoms with Crippen LogP contribution in [0.3, 0.4) is 0 Å². The SMILES string of the molecule is O=C(Nc1ccc2c(c1)C[C@@H](C(=O)NC1CCCC1)CO2)c1ccc(Cl)cc1. The van der Waals surface area contributed by atoms with Crippen LogP contribution in [0, 0.1) is 5.92 Å². The van der Waals surface area contributed by atoms with E-state index in [-0.39, 0.29) is 17.7 Å². The molecule has 1 heterocycles. The van der Waals surface area contributed by atoms with Gasteiger partial charge in [-0.05, 0) is 67.3 Å². The molecular formula is C22H23ClN2O3. The van der Waals surface area contributed by atoms with Crippen molar-refractivity contribution in [1.82, 2.24) is 5.32 Å².